The molecule has 0 spiro atoms. The number of nitrogens with one attached hydrogen (secondary N) is 1. The van der Waals surface area contributed by atoms with Crippen LogP contribution in [0, 0.1) is 0 Å². The number of pyridine rings is 1. The second kappa shape index (κ2) is 12.4. The molecule has 40 heavy (non-hydrogen) atoms. The van der Waals surface area contributed by atoms with Gasteiger partial charge in [-0.3, -0.25) is 14.7 Å². The Hall–Kier alpha value is -3.43. The second-order valence-corrected chi connectivity index (χ2v) is 10.8. The number of halogens is 3. The number of anilines is 1. The molecule has 3 aromatic rings. The number of aromatic nitrogens is 1. The molecule has 2 saturated heterocycles. The predicted molar refractivity (Wildman–Crippen MR) is 150 cm³/mol. The lowest BCUT2D eigenvalue weighted by molar-refractivity contribution is -0.137. The quantitative estimate of drug-likeness (QED) is 0.445. The van der Waals surface area contributed by atoms with Gasteiger partial charge in [-0.25, -0.2) is 0 Å². The van der Waals surface area contributed by atoms with E-state index in [9.17, 15) is 18.0 Å². The highest BCUT2D eigenvalue weighted by Crippen LogP contribution is 2.38. The Morgan fingerprint density at radius 3 is 2.33 bits per heavy atom. The number of hydrogen-bond acceptors (Lipinski definition) is 5. The molecule has 0 unspecified atom stereocenters. The van der Waals surface area contributed by atoms with Crippen LogP contribution in [0.1, 0.15) is 29.5 Å². The van der Waals surface area contributed by atoms with E-state index < -0.39 is 17.2 Å². The number of benzene rings is 2. The molecule has 1 amide bonds. The van der Waals surface area contributed by atoms with Gasteiger partial charge in [0.05, 0.1) is 12.1 Å². The molecule has 3 heterocycles. The fraction of sp³-hybridized carbons (Fsp3) is 0.419. The Balaban J connectivity index is 1.21. The number of nitrogens with zero attached hydrogens (tertiary/aromatic N) is 4. The summed E-state index contributed by atoms with van der Waals surface area (Å²) in [5.74, 6) is 0.0918. The summed E-state index contributed by atoms with van der Waals surface area (Å²) in [6.07, 6.45) is 0.291. The zero-order valence-corrected chi connectivity index (χ0v) is 22.6. The van der Waals surface area contributed by atoms with Gasteiger partial charge >= 0.3 is 6.18 Å². The molecule has 6 nitrogen and oxygen atoms in total. The van der Waals surface area contributed by atoms with Gasteiger partial charge in [0.15, 0.2) is 0 Å². The number of hydrogen-bond donors (Lipinski definition) is 1. The molecule has 2 aliphatic heterocycles. The third-order valence-electron chi connectivity index (χ3n) is 8.24. The smallest absolute Gasteiger partial charge is 0.369 e. The first-order valence-corrected chi connectivity index (χ1v) is 13.9. The Morgan fingerprint density at radius 1 is 0.900 bits per heavy atom. The Morgan fingerprint density at radius 2 is 1.65 bits per heavy atom. The van der Waals surface area contributed by atoms with Gasteiger partial charge in [-0.1, -0.05) is 42.5 Å². The molecular formula is C31H36F3N5O. The maximum atomic E-state index is 13.6. The van der Waals surface area contributed by atoms with Crippen molar-refractivity contribution in [2.45, 2.75) is 31.0 Å². The van der Waals surface area contributed by atoms with Crippen LogP contribution in [0.3, 0.4) is 0 Å². The second-order valence-electron chi connectivity index (χ2n) is 10.8. The number of carbonyl (C=O) groups is 1. The minimum absolute atomic E-state index is 0.0918. The average molecular weight is 552 g/mol. The maximum absolute atomic E-state index is 13.6. The fourth-order valence-electron chi connectivity index (χ4n) is 5.82. The van der Waals surface area contributed by atoms with Crippen molar-refractivity contribution in [2.75, 3.05) is 57.3 Å². The van der Waals surface area contributed by atoms with Gasteiger partial charge in [-0.15, -0.1) is 0 Å². The lowest BCUT2D eigenvalue weighted by Gasteiger charge is -2.43. The van der Waals surface area contributed by atoms with Crippen molar-refractivity contribution in [1.82, 2.24) is 20.1 Å². The summed E-state index contributed by atoms with van der Waals surface area (Å²) in [7, 11) is 0. The van der Waals surface area contributed by atoms with Crippen LogP contribution in [0.15, 0.2) is 79.1 Å². The highest BCUT2D eigenvalue weighted by atomic mass is 19.4. The predicted octanol–water partition coefficient (Wildman–Crippen LogP) is 4.57. The maximum Gasteiger partial charge on any atom is 0.416 e. The molecule has 2 aromatic carbocycles. The Kier molecular flexibility index (Phi) is 8.71. The van der Waals surface area contributed by atoms with Crippen LogP contribution < -0.4 is 10.2 Å². The summed E-state index contributed by atoms with van der Waals surface area (Å²) in [6.45, 7) is 5.90. The topological polar surface area (TPSA) is 51.7 Å². The molecule has 2 fully saturated rings. The monoisotopic (exact) mass is 551 g/mol. The van der Waals surface area contributed by atoms with Crippen molar-refractivity contribution in [3.8, 4) is 0 Å². The van der Waals surface area contributed by atoms with E-state index in [-0.39, 0.29) is 5.91 Å². The summed E-state index contributed by atoms with van der Waals surface area (Å²) < 4.78 is 40.7. The van der Waals surface area contributed by atoms with E-state index in [0.29, 0.717) is 51.1 Å². The number of piperidine rings is 1. The molecule has 5 rings (SSSR count). The molecule has 0 aliphatic carbocycles. The van der Waals surface area contributed by atoms with Crippen molar-refractivity contribution in [3.05, 3.63) is 95.8 Å². The molecule has 0 atom stereocenters. The molecule has 0 bridgehead atoms. The highest BCUT2D eigenvalue weighted by Gasteiger charge is 2.39. The summed E-state index contributed by atoms with van der Waals surface area (Å²) in [6, 6.07) is 19.8. The Labute approximate surface area is 233 Å². The van der Waals surface area contributed by atoms with Crippen LogP contribution in [-0.4, -0.2) is 73.0 Å². The molecule has 0 saturated carbocycles. The van der Waals surface area contributed by atoms with Gasteiger partial charge in [-0.05, 0) is 48.2 Å². The minimum atomic E-state index is -4.40. The van der Waals surface area contributed by atoms with Crippen molar-refractivity contribution >= 4 is 11.6 Å². The first-order chi connectivity index (χ1) is 19.3. The number of para-hydroxylation sites is 1. The van der Waals surface area contributed by atoms with Gasteiger partial charge < -0.3 is 15.1 Å². The summed E-state index contributed by atoms with van der Waals surface area (Å²) in [4.78, 5) is 23.8. The number of amides is 1. The standard InChI is InChI=1S/C31H36F3N5O/c32-31(33,34)27-8-4-7-26(20-27)30(24-36-22-25-6-5-13-35-21-25)11-14-39(15-12-30)29(40)23-37-16-18-38(19-17-37)28-9-2-1-3-10-28/h1-10,13,20-21,36H,11-12,14-19,22-24H2. The molecular weight excluding hydrogens is 515 g/mol. The largest absolute Gasteiger partial charge is 0.416 e. The number of rotatable bonds is 8. The van der Waals surface area contributed by atoms with Gasteiger partial charge in [0.1, 0.15) is 0 Å². The van der Waals surface area contributed by atoms with Gasteiger partial charge in [0, 0.05) is 75.9 Å². The third kappa shape index (κ3) is 6.82. The van der Waals surface area contributed by atoms with Gasteiger partial charge in [0.2, 0.25) is 5.91 Å². The van der Waals surface area contributed by atoms with Gasteiger partial charge in [-0.2, -0.15) is 13.2 Å². The average Bonchev–Trinajstić information content (AvgIpc) is 2.98. The van der Waals surface area contributed by atoms with Crippen molar-refractivity contribution in [3.63, 3.8) is 0 Å². The van der Waals surface area contributed by atoms with E-state index in [2.05, 4.69) is 32.2 Å². The first kappa shape index (κ1) is 28.1. The molecule has 2 aliphatic rings. The molecule has 0 radical (unpaired) electrons. The Bertz CT molecular complexity index is 1240. The van der Waals surface area contributed by atoms with Crippen LogP contribution in [0.2, 0.25) is 0 Å². The normalized spacial score (nSPS) is 18.1. The van der Waals surface area contributed by atoms with E-state index in [0.717, 1.165) is 37.8 Å². The van der Waals surface area contributed by atoms with Gasteiger partial charge in [0.25, 0.3) is 0 Å². The van der Waals surface area contributed by atoms with Crippen molar-refractivity contribution in [2.24, 2.45) is 0 Å². The van der Waals surface area contributed by atoms with Crippen LogP contribution in [0.4, 0.5) is 18.9 Å². The lowest BCUT2D eigenvalue weighted by atomic mass is 9.72. The first-order valence-electron chi connectivity index (χ1n) is 13.9. The van der Waals surface area contributed by atoms with E-state index >= 15 is 0 Å². The van der Waals surface area contributed by atoms with Crippen molar-refractivity contribution < 1.29 is 18.0 Å². The molecule has 9 heteroatoms. The lowest BCUT2D eigenvalue weighted by Crippen LogP contribution is -2.53. The minimum Gasteiger partial charge on any atom is -0.369 e. The highest BCUT2D eigenvalue weighted by molar-refractivity contribution is 5.78. The van der Waals surface area contributed by atoms with E-state index in [4.69, 9.17) is 0 Å². The number of piperazine rings is 1. The SMILES string of the molecule is O=C(CN1CCN(c2ccccc2)CC1)N1CCC(CNCc2cccnc2)(c2cccc(C(F)(F)F)c2)CC1. The number of carbonyl (C=O) groups excluding carboxylic acids is 1. The van der Waals surface area contributed by atoms with Crippen LogP contribution in [0.25, 0.3) is 0 Å². The van der Waals surface area contributed by atoms with E-state index in [1.807, 2.05) is 35.2 Å². The summed E-state index contributed by atoms with van der Waals surface area (Å²) in [5.41, 5.74) is 1.76. The number of likely N-dealkylation sites (tertiary alicyclic amines) is 1. The summed E-state index contributed by atoms with van der Waals surface area (Å²) in [5, 5.41) is 3.46. The zero-order chi connectivity index (χ0) is 28.0. The van der Waals surface area contributed by atoms with Crippen LogP contribution in [-0.2, 0) is 22.9 Å². The molecule has 212 valence electrons. The van der Waals surface area contributed by atoms with Crippen LogP contribution >= 0.6 is 0 Å². The van der Waals surface area contributed by atoms with Crippen molar-refractivity contribution in [1.29, 1.82) is 0 Å². The zero-order valence-electron chi connectivity index (χ0n) is 22.6. The van der Waals surface area contributed by atoms with Crippen LogP contribution in [0.5, 0.6) is 0 Å². The molecule has 1 aromatic heterocycles. The van der Waals surface area contributed by atoms with E-state index in [1.165, 1.54) is 17.8 Å². The van der Waals surface area contributed by atoms with E-state index in [1.54, 1.807) is 18.5 Å². The fourth-order valence-corrected chi connectivity index (χ4v) is 5.82. The number of alkyl halides is 3. The summed E-state index contributed by atoms with van der Waals surface area (Å²) >= 11 is 0. The molecule has 1 N–H and O–H groups in total. The third-order valence-corrected chi connectivity index (χ3v) is 8.24.